The maximum atomic E-state index is 12.1. The normalized spacial score (nSPS) is 12.8. The summed E-state index contributed by atoms with van der Waals surface area (Å²) in [6, 6.07) is 2.18. The standard InChI is InChI=1S/C13H21IN2O/c1-9(2)5-6-10(3)15-13(17)12-11(14)7-8-16(12)4/h7-10H,5-6H2,1-4H3,(H,15,17). The quantitative estimate of drug-likeness (QED) is 0.815. The number of amides is 1. The summed E-state index contributed by atoms with van der Waals surface area (Å²) < 4.78 is 2.87. The first-order chi connectivity index (χ1) is 7.91. The topological polar surface area (TPSA) is 34.0 Å². The lowest BCUT2D eigenvalue weighted by Crippen LogP contribution is -2.34. The van der Waals surface area contributed by atoms with E-state index in [0.717, 1.165) is 22.1 Å². The molecule has 1 N–H and O–H groups in total. The molecule has 0 radical (unpaired) electrons. The monoisotopic (exact) mass is 348 g/mol. The van der Waals surface area contributed by atoms with Gasteiger partial charge in [0, 0.05) is 22.9 Å². The van der Waals surface area contributed by atoms with Crippen molar-refractivity contribution in [3.8, 4) is 0 Å². The Hall–Kier alpha value is -0.520. The van der Waals surface area contributed by atoms with E-state index in [1.165, 1.54) is 0 Å². The average Bonchev–Trinajstić information content (AvgIpc) is 2.55. The minimum atomic E-state index is 0.0261. The number of carbonyl (C=O) groups excluding carboxylic acids is 1. The van der Waals surface area contributed by atoms with E-state index in [-0.39, 0.29) is 11.9 Å². The second-order valence-corrected chi connectivity index (χ2v) is 6.13. The van der Waals surface area contributed by atoms with E-state index in [1.54, 1.807) is 0 Å². The van der Waals surface area contributed by atoms with Gasteiger partial charge in [0.2, 0.25) is 0 Å². The number of nitrogens with one attached hydrogen (secondary N) is 1. The molecule has 96 valence electrons. The molecule has 0 saturated carbocycles. The highest BCUT2D eigenvalue weighted by Crippen LogP contribution is 2.13. The molecular formula is C13H21IN2O. The first kappa shape index (κ1) is 14.5. The lowest BCUT2D eigenvalue weighted by Gasteiger charge is -2.15. The Morgan fingerprint density at radius 2 is 2.06 bits per heavy atom. The summed E-state index contributed by atoms with van der Waals surface area (Å²) in [5, 5.41) is 3.05. The Morgan fingerprint density at radius 3 is 2.53 bits per heavy atom. The predicted octanol–water partition coefficient (Wildman–Crippen LogP) is 3.18. The smallest absolute Gasteiger partial charge is 0.269 e. The predicted molar refractivity (Wildman–Crippen MR) is 79.1 cm³/mol. The van der Waals surface area contributed by atoms with Crippen LogP contribution in [0.3, 0.4) is 0 Å². The number of aryl methyl sites for hydroxylation is 1. The highest BCUT2D eigenvalue weighted by atomic mass is 127. The van der Waals surface area contributed by atoms with Crippen LogP contribution >= 0.6 is 22.6 Å². The van der Waals surface area contributed by atoms with Gasteiger partial charge in [0.25, 0.3) is 5.91 Å². The van der Waals surface area contributed by atoms with E-state index in [9.17, 15) is 4.79 Å². The Balaban J connectivity index is 2.55. The van der Waals surface area contributed by atoms with Crippen LogP contribution in [0.2, 0.25) is 0 Å². The molecule has 1 unspecified atom stereocenters. The number of hydrogen-bond acceptors (Lipinski definition) is 1. The number of nitrogens with zero attached hydrogens (tertiary/aromatic N) is 1. The number of carbonyl (C=O) groups is 1. The van der Waals surface area contributed by atoms with Gasteiger partial charge >= 0.3 is 0 Å². The van der Waals surface area contributed by atoms with E-state index in [4.69, 9.17) is 0 Å². The SMILES string of the molecule is CC(C)CCC(C)NC(=O)c1c(I)ccn1C. The number of hydrogen-bond donors (Lipinski definition) is 1. The molecule has 0 bridgehead atoms. The summed E-state index contributed by atoms with van der Waals surface area (Å²) in [5.74, 6) is 0.711. The van der Waals surface area contributed by atoms with Gasteiger partial charge in [-0.05, 0) is 54.3 Å². The van der Waals surface area contributed by atoms with Crippen LogP contribution in [-0.2, 0) is 7.05 Å². The van der Waals surface area contributed by atoms with E-state index in [2.05, 4.69) is 48.7 Å². The third-order valence-corrected chi connectivity index (χ3v) is 3.66. The molecule has 0 spiro atoms. The van der Waals surface area contributed by atoms with Gasteiger partial charge in [0.1, 0.15) is 5.69 Å². The summed E-state index contributed by atoms with van der Waals surface area (Å²) in [6.07, 6.45) is 4.09. The lowest BCUT2D eigenvalue weighted by molar-refractivity contribution is 0.0928. The van der Waals surface area contributed by atoms with Crippen LogP contribution in [0.5, 0.6) is 0 Å². The Bertz CT molecular complexity index is 365. The molecular weight excluding hydrogens is 327 g/mol. The molecule has 0 saturated heterocycles. The summed E-state index contributed by atoms with van der Waals surface area (Å²) in [5.41, 5.74) is 0.752. The van der Waals surface area contributed by atoms with Crippen LogP contribution in [-0.4, -0.2) is 16.5 Å². The molecule has 0 aliphatic heterocycles. The summed E-state index contributed by atoms with van der Waals surface area (Å²) >= 11 is 2.19. The zero-order valence-electron chi connectivity index (χ0n) is 11.0. The fourth-order valence-electron chi connectivity index (χ4n) is 1.72. The van der Waals surface area contributed by atoms with E-state index >= 15 is 0 Å². The van der Waals surface area contributed by atoms with Gasteiger partial charge < -0.3 is 9.88 Å². The highest BCUT2D eigenvalue weighted by molar-refractivity contribution is 14.1. The fraction of sp³-hybridized carbons (Fsp3) is 0.615. The van der Waals surface area contributed by atoms with Crippen molar-refractivity contribution in [2.24, 2.45) is 13.0 Å². The van der Waals surface area contributed by atoms with Gasteiger partial charge in [-0.15, -0.1) is 0 Å². The second kappa shape index (κ2) is 6.42. The molecule has 0 aliphatic carbocycles. The van der Waals surface area contributed by atoms with Crippen molar-refractivity contribution in [3.63, 3.8) is 0 Å². The van der Waals surface area contributed by atoms with Crippen molar-refractivity contribution >= 4 is 28.5 Å². The molecule has 0 fully saturated rings. The number of halogens is 1. The molecule has 1 aromatic rings. The molecule has 1 heterocycles. The van der Waals surface area contributed by atoms with Crippen molar-refractivity contribution in [2.45, 2.75) is 39.7 Å². The van der Waals surface area contributed by atoms with Crippen LogP contribution in [0.25, 0.3) is 0 Å². The molecule has 0 aliphatic rings. The van der Waals surface area contributed by atoms with Gasteiger partial charge in [0.05, 0.1) is 0 Å². The van der Waals surface area contributed by atoms with E-state index in [1.807, 2.05) is 23.9 Å². The van der Waals surface area contributed by atoms with Crippen LogP contribution in [0.1, 0.15) is 44.1 Å². The second-order valence-electron chi connectivity index (χ2n) is 4.97. The van der Waals surface area contributed by atoms with Crippen LogP contribution in [0, 0.1) is 9.49 Å². The summed E-state index contributed by atoms with van der Waals surface area (Å²) in [7, 11) is 1.90. The first-order valence-corrected chi connectivity index (χ1v) is 7.11. The lowest BCUT2D eigenvalue weighted by atomic mass is 10.0. The zero-order chi connectivity index (χ0) is 13.0. The Labute approximate surface area is 117 Å². The maximum Gasteiger partial charge on any atom is 0.269 e. The zero-order valence-corrected chi connectivity index (χ0v) is 13.1. The largest absolute Gasteiger partial charge is 0.348 e. The minimum absolute atomic E-state index is 0.0261. The molecule has 1 atom stereocenters. The van der Waals surface area contributed by atoms with Gasteiger partial charge in [0.15, 0.2) is 0 Å². The third kappa shape index (κ3) is 4.33. The maximum absolute atomic E-state index is 12.1. The van der Waals surface area contributed by atoms with Crippen LogP contribution in [0.15, 0.2) is 12.3 Å². The Kier molecular flexibility index (Phi) is 5.49. The molecule has 1 rings (SSSR count). The fourth-order valence-corrected chi connectivity index (χ4v) is 2.50. The Morgan fingerprint density at radius 1 is 1.41 bits per heavy atom. The van der Waals surface area contributed by atoms with E-state index in [0.29, 0.717) is 5.92 Å². The first-order valence-electron chi connectivity index (χ1n) is 6.03. The van der Waals surface area contributed by atoms with Crippen molar-refractivity contribution in [3.05, 3.63) is 21.5 Å². The third-order valence-electron chi connectivity index (χ3n) is 2.79. The number of aromatic nitrogens is 1. The van der Waals surface area contributed by atoms with E-state index < -0.39 is 0 Å². The van der Waals surface area contributed by atoms with Gasteiger partial charge in [-0.3, -0.25) is 4.79 Å². The molecule has 0 aromatic carbocycles. The number of rotatable bonds is 5. The molecule has 4 heteroatoms. The molecule has 17 heavy (non-hydrogen) atoms. The average molecular weight is 348 g/mol. The van der Waals surface area contributed by atoms with Gasteiger partial charge in [-0.25, -0.2) is 0 Å². The van der Waals surface area contributed by atoms with Crippen LogP contribution in [0.4, 0.5) is 0 Å². The van der Waals surface area contributed by atoms with Gasteiger partial charge in [-0.2, -0.15) is 0 Å². The summed E-state index contributed by atoms with van der Waals surface area (Å²) in [6.45, 7) is 6.47. The van der Waals surface area contributed by atoms with Crippen molar-refractivity contribution in [1.82, 2.24) is 9.88 Å². The van der Waals surface area contributed by atoms with Crippen LogP contribution < -0.4 is 5.32 Å². The molecule has 1 aromatic heterocycles. The molecule has 1 amide bonds. The minimum Gasteiger partial charge on any atom is -0.348 e. The van der Waals surface area contributed by atoms with Gasteiger partial charge in [-0.1, -0.05) is 13.8 Å². The molecule has 3 nitrogen and oxygen atoms in total. The van der Waals surface area contributed by atoms with Crippen molar-refractivity contribution in [1.29, 1.82) is 0 Å². The highest BCUT2D eigenvalue weighted by Gasteiger charge is 2.15. The van der Waals surface area contributed by atoms with Crippen molar-refractivity contribution in [2.75, 3.05) is 0 Å². The summed E-state index contributed by atoms with van der Waals surface area (Å²) in [4.78, 5) is 12.1. The van der Waals surface area contributed by atoms with Crippen molar-refractivity contribution < 1.29 is 4.79 Å².